The predicted octanol–water partition coefficient (Wildman–Crippen LogP) is 3.48. The second-order valence-corrected chi connectivity index (χ2v) is 8.47. The Morgan fingerprint density at radius 1 is 1.40 bits per heavy atom. The number of thioether (sulfide) groups is 1. The molecule has 2 rings (SSSR count). The summed E-state index contributed by atoms with van der Waals surface area (Å²) in [4.78, 5) is 0. The molecule has 0 aromatic carbocycles. The van der Waals surface area contributed by atoms with E-state index in [2.05, 4.69) is 56.1 Å². The van der Waals surface area contributed by atoms with Crippen molar-refractivity contribution in [3.05, 3.63) is 17.5 Å². The van der Waals surface area contributed by atoms with Gasteiger partial charge in [0.25, 0.3) is 0 Å². The lowest BCUT2D eigenvalue weighted by Crippen LogP contribution is -2.27. The molecular weight excluding hydrogens is 266 g/mol. The molecule has 4 heteroatoms. The van der Waals surface area contributed by atoms with Crippen LogP contribution in [0.25, 0.3) is 0 Å². The lowest BCUT2D eigenvalue weighted by Gasteiger charge is -2.19. The first-order valence-electron chi connectivity index (χ1n) is 7.78. The van der Waals surface area contributed by atoms with Crippen molar-refractivity contribution in [1.82, 2.24) is 15.1 Å². The molecule has 0 aliphatic heterocycles. The molecule has 2 atom stereocenters. The smallest absolute Gasteiger partial charge is 0.0722 e. The minimum Gasteiger partial charge on any atom is -0.310 e. The first-order valence-corrected chi connectivity index (χ1v) is 8.83. The highest BCUT2D eigenvalue weighted by atomic mass is 32.2. The van der Waals surface area contributed by atoms with Crippen molar-refractivity contribution in [2.24, 2.45) is 7.05 Å². The summed E-state index contributed by atoms with van der Waals surface area (Å²) in [6, 6.07) is 0.687. The number of rotatable bonds is 5. The summed E-state index contributed by atoms with van der Waals surface area (Å²) in [5.74, 6) is 1.24. The molecule has 1 aliphatic rings. The molecule has 0 spiro atoms. The van der Waals surface area contributed by atoms with Gasteiger partial charge in [0.1, 0.15) is 0 Å². The van der Waals surface area contributed by atoms with Crippen LogP contribution in [0.4, 0.5) is 0 Å². The molecule has 1 aliphatic carbocycles. The zero-order chi connectivity index (χ0) is 14.8. The number of aromatic nitrogens is 2. The van der Waals surface area contributed by atoms with Gasteiger partial charge in [-0.25, -0.2) is 0 Å². The van der Waals surface area contributed by atoms with Crippen molar-refractivity contribution < 1.29 is 0 Å². The minimum atomic E-state index is 0.120. The third kappa shape index (κ3) is 4.01. The lowest BCUT2D eigenvalue weighted by molar-refractivity contribution is 0.509. The molecule has 1 aromatic rings. The average Bonchev–Trinajstić information content (AvgIpc) is 2.93. The highest BCUT2D eigenvalue weighted by molar-refractivity contribution is 7.99. The van der Waals surface area contributed by atoms with Gasteiger partial charge < -0.3 is 5.32 Å². The van der Waals surface area contributed by atoms with E-state index < -0.39 is 0 Å². The van der Waals surface area contributed by atoms with Crippen molar-refractivity contribution in [2.75, 3.05) is 5.75 Å². The van der Waals surface area contributed by atoms with E-state index in [9.17, 15) is 0 Å². The Hall–Kier alpha value is -0.480. The fourth-order valence-corrected chi connectivity index (χ4v) is 4.21. The predicted molar refractivity (Wildman–Crippen MR) is 88.3 cm³/mol. The summed E-state index contributed by atoms with van der Waals surface area (Å²) < 4.78 is 1.95. The normalized spacial score (nSPS) is 23.4. The molecule has 0 amide bonds. The van der Waals surface area contributed by atoms with Gasteiger partial charge in [0.15, 0.2) is 0 Å². The number of hydrogen-bond acceptors (Lipinski definition) is 3. The van der Waals surface area contributed by atoms with Gasteiger partial charge in [0, 0.05) is 42.1 Å². The van der Waals surface area contributed by atoms with Crippen LogP contribution in [0.2, 0.25) is 0 Å². The zero-order valence-electron chi connectivity index (χ0n) is 13.6. The molecule has 114 valence electrons. The molecule has 2 unspecified atom stereocenters. The molecule has 0 radical (unpaired) electrons. The van der Waals surface area contributed by atoms with E-state index in [-0.39, 0.29) is 5.41 Å². The van der Waals surface area contributed by atoms with Crippen molar-refractivity contribution in [2.45, 2.75) is 70.2 Å². The van der Waals surface area contributed by atoms with Crippen LogP contribution < -0.4 is 5.32 Å². The Labute approximate surface area is 127 Å². The first-order chi connectivity index (χ1) is 9.40. The first kappa shape index (κ1) is 15.9. The Morgan fingerprint density at radius 3 is 2.80 bits per heavy atom. The molecule has 1 N–H and O–H groups in total. The average molecular weight is 295 g/mol. The van der Waals surface area contributed by atoms with Crippen LogP contribution in [-0.4, -0.2) is 26.8 Å². The highest BCUT2D eigenvalue weighted by Crippen LogP contribution is 2.30. The summed E-state index contributed by atoms with van der Waals surface area (Å²) in [5, 5.41) is 9.26. The fourth-order valence-electron chi connectivity index (χ4n) is 3.07. The van der Waals surface area contributed by atoms with E-state index in [0.29, 0.717) is 6.04 Å². The molecule has 0 bridgehead atoms. The van der Waals surface area contributed by atoms with Gasteiger partial charge in [-0.1, -0.05) is 27.7 Å². The monoisotopic (exact) mass is 295 g/mol. The van der Waals surface area contributed by atoms with Crippen molar-refractivity contribution >= 4 is 11.8 Å². The largest absolute Gasteiger partial charge is 0.310 e. The van der Waals surface area contributed by atoms with Crippen LogP contribution in [0, 0.1) is 0 Å². The summed E-state index contributed by atoms with van der Waals surface area (Å²) in [6.07, 6.45) is 6.18. The zero-order valence-corrected chi connectivity index (χ0v) is 14.4. The Bertz CT molecular complexity index is 433. The maximum atomic E-state index is 4.64. The van der Waals surface area contributed by atoms with E-state index in [1.165, 1.54) is 36.3 Å². The van der Waals surface area contributed by atoms with Crippen molar-refractivity contribution in [1.29, 1.82) is 0 Å². The molecule has 1 saturated carbocycles. The number of hydrogen-bond donors (Lipinski definition) is 1. The quantitative estimate of drug-likeness (QED) is 0.902. The van der Waals surface area contributed by atoms with Crippen LogP contribution in [0.1, 0.15) is 58.2 Å². The molecule has 20 heavy (non-hydrogen) atoms. The standard InChI is InChI=1S/C16H29N3S/c1-6-20-14-8-7-13(9-14)17-10-12-11-19(5)18-15(12)16(2,3)4/h11,13-14,17H,6-10H2,1-5H3. The van der Waals surface area contributed by atoms with E-state index in [1.807, 2.05) is 11.7 Å². The molecule has 1 heterocycles. The van der Waals surface area contributed by atoms with E-state index in [1.54, 1.807) is 0 Å². The lowest BCUT2D eigenvalue weighted by atomic mass is 9.89. The molecule has 1 fully saturated rings. The number of aryl methyl sites for hydroxylation is 1. The summed E-state index contributed by atoms with van der Waals surface area (Å²) in [5.41, 5.74) is 2.70. The summed E-state index contributed by atoms with van der Waals surface area (Å²) in [6.45, 7) is 9.93. The van der Waals surface area contributed by atoms with Gasteiger partial charge in [-0.05, 0) is 25.0 Å². The maximum absolute atomic E-state index is 4.64. The fraction of sp³-hybridized carbons (Fsp3) is 0.812. The van der Waals surface area contributed by atoms with Crippen LogP contribution >= 0.6 is 11.8 Å². The topological polar surface area (TPSA) is 29.9 Å². The van der Waals surface area contributed by atoms with Gasteiger partial charge in [-0.3, -0.25) is 4.68 Å². The maximum Gasteiger partial charge on any atom is 0.0722 e. The SMILES string of the molecule is CCSC1CCC(NCc2cn(C)nc2C(C)(C)C)C1. The molecular formula is C16H29N3S. The van der Waals surface area contributed by atoms with Crippen LogP contribution in [0.3, 0.4) is 0 Å². The van der Waals surface area contributed by atoms with Gasteiger partial charge >= 0.3 is 0 Å². The van der Waals surface area contributed by atoms with Crippen LogP contribution in [0.5, 0.6) is 0 Å². The highest BCUT2D eigenvalue weighted by Gasteiger charge is 2.26. The van der Waals surface area contributed by atoms with Gasteiger partial charge in [0.2, 0.25) is 0 Å². The Balaban J connectivity index is 1.92. The minimum absolute atomic E-state index is 0.120. The summed E-state index contributed by atoms with van der Waals surface area (Å²) >= 11 is 2.12. The van der Waals surface area contributed by atoms with E-state index >= 15 is 0 Å². The molecule has 1 aromatic heterocycles. The third-order valence-corrected chi connectivity index (χ3v) is 5.22. The van der Waals surface area contributed by atoms with Gasteiger partial charge in [-0.15, -0.1) is 0 Å². The van der Waals surface area contributed by atoms with E-state index in [4.69, 9.17) is 0 Å². The molecule has 0 saturated heterocycles. The number of nitrogens with zero attached hydrogens (tertiary/aromatic N) is 2. The van der Waals surface area contributed by atoms with Crippen LogP contribution in [-0.2, 0) is 19.0 Å². The number of nitrogens with one attached hydrogen (secondary N) is 1. The Morgan fingerprint density at radius 2 is 2.15 bits per heavy atom. The van der Waals surface area contributed by atoms with E-state index in [0.717, 1.165) is 11.8 Å². The summed E-state index contributed by atoms with van der Waals surface area (Å²) in [7, 11) is 2.02. The second kappa shape index (κ2) is 6.52. The van der Waals surface area contributed by atoms with Gasteiger partial charge in [0.05, 0.1) is 5.69 Å². The second-order valence-electron chi connectivity index (χ2n) is 6.89. The van der Waals surface area contributed by atoms with Crippen molar-refractivity contribution in [3.8, 4) is 0 Å². The Kier molecular flexibility index (Phi) is 5.19. The van der Waals surface area contributed by atoms with Gasteiger partial charge in [-0.2, -0.15) is 16.9 Å². The van der Waals surface area contributed by atoms with Crippen LogP contribution in [0.15, 0.2) is 6.20 Å². The van der Waals surface area contributed by atoms with Crippen molar-refractivity contribution in [3.63, 3.8) is 0 Å². The third-order valence-electron chi connectivity index (χ3n) is 3.98. The molecule has 3 nitrogen and oxygen atoms in total.